The third-order valence-corrected chi connectivity index (χ3v) is 5.01. The van der Waals surface area contributed by atoms with Crippen molar-refractivity contribution in [2.75, 3.05) is 6.54 Å². The van der Waals surface area contributed by atoms with Gasteiger partial charge in [0.15, 0.2) is 0 Å². The number of hydrogen-bond acceptors (Lipinski definition) is 1. The van der Waals surface area contributed by atoms with Crippen LogP contribution in [0, 0.1) is 0 Å². The normalized spacial score (nSPS) is 10.6. The fraction of sp³-hybridized carbons (Fsp3) is 0.136. The Morgan fingerprint density at radius 2 is 1.81 bits per heavy atom. The van der Waals surface area contributed by atoms with Crippen LogP contribution in [-0.2, 0) is 13.1 Å². The van der Waals surface area contributed by atoms with Crippen LogP contribution in [-0.4, -0.2) is 21.9 Å². The minimum Gasteiger partial charge on any atom is -0.345 e. The van der Waals surface area contributed by atoms with Crippen LogP contribution in [0.5, 0.6) is 0 Å². The molecule has 0 saturated carbocycles. The van der Waals surface area contributed by atoms with E-state index in [1.165, 1.54) is 5.56 Å². The van der Waals surface area contributed by atoms with E-state index in [4.69, 9.17) is 23.2 Å². The fourth-order valence-corrected chi connectivity index (χ4v) is 3.21. The Morgan fingerprint density at radius 1 is 1.04 bits per heavy atom. The van der Waals surface area contributed by atoms with Crippen LogP contribution >= 0.6 is 23.2 Å². The van der Waals surface area contributed by atoms with Crippen molar-refractivity contribution in [2.45, 2.75) is 13.1 Å². The van der Waals surface area contributed by atoms with Crippen LogP contribution in [0.25, 0.3) is 0 Å². The van der Waals surface area contributed by atoms with Crippen molar-refractivity contribution in [3.05, 3.63) is 106 Å². The lowest BCUT2D eigenvalue weighted by atomic mass is 10.2. The predicted molar refractivity (Wildman–Crippen MR) is 111 cm³/mol. The largest absolute Gasteiger partial charge is 0.345 e. The molecule has 0 aliphatic heterocycles. The van der Waals surface area contributed by atoms with Crippen LogP contribution in [0.4, 0.5) is 0 Å². The summed E-state index contributed by atoms with van der Waals surface area (Å²) in [4.78, 5) is 14.7. The molecule has 0 bridgehead atoms. The quantitative estimate of drug-likeness (QED) is 0.470. The van der Waals surface area contributed by atoms with Crippen molar-refractivity contribution in [1.29, 1.82) is 0 Å². The highest BCUT2D eigenvalue weighted by molar-refractivity contribution is 6.42. The van der Waals surface area contributed by atoms with Gasteiger partial charge in [0, 0.05) is 30.5 Å². The van der Waals surface area contributed by atoms with Crippen molar-refractivity contribution < 1.29 is 4.79 Å². The van der Waals surface area contributed by atoms with Gasteiger partial charge in [-0.05, 0) is 35.9 Å². The summed E-state index contributed by atoms with van der Waals surface area (Å²) in [6, 6.07) is 19.2. The van der Waals surface area contributed by atoms with Gasteiger partial charge in [0.1, 0.15) is 0 Å². The highest BCUT2D eigenvalue weighted by Crippen LogP contribution is 2.23. The summed E-state index contributed by atoms with van der Waals surface area (Å²) in [7, 11) is 0. The second-order valence-electron chi connectivity index (χ2n) is 6.22. The van der Waals surface area contributed by atoms with Crippen molar-refractivity contribution in [3.63, 3.8) is 0 Å². The molecule has 2 aromatic carbocycles. The summed E-state index contributed by atoms with van der Waals surface area (Å²) < 4.78 is 2.15. The lowest BCUT2D eigenvalue weighted by molar-refractivity contribution is 0.0759. The molecule has 0 saturated heterocycles. The predicted octanol–water partition coefficient (Wildman–Crippen LogP) is 5.67. The van der Waals surface area contributed by atoms with Crippen molar-refractivity contribution in [2.24, 2.45) is 0 Å². The summed E-state index contributed by atoms with van der Waals surface area (Å²) in [5.41, 5.74) is 2.77. The Hall–Kier alpha value is -2.49. The number of carbonyl (C=O) groups excluding carboxylic acids is 1. The molecule has 1 aromatic heterocycles. The summed E-state index contributed by atoms with van der Waals surface area (Å²) >= 11 is 12.0. The zero-order valence-electron chi connectivity index (χ0n) is 14.8. The number of nitrogens with zero attached hydrogens (tertiary/aromatic N) is 2. The van der Waals surface area contributed by atoms with E-state index in [9.17, 15) is 4.79 Å². The van der Waals surface area contributed by atoms with Crippen molar-refractivity contribution in [3.8, 4) is 0 Å². The monoisotopic (exact) mass is 398 g/mol. The van der Waals surface area contributed by atoms with Gasteiger partial charge in [0.05, 0.1) is 16.6 Å². The maximum atomic E-state index is 13.0. The van der Waals surface area contributed by atoms with Crippen LogP contribution < -0.4 is 0 Å². The van der Waals surface area contributed by atoms with Gasteiger partial charge in [0.2, 0.25) is 0 Å². The molecular weight excluding hydrogens is 379 g/mol. The third-order valence-electron chi connectivity index (χ3n) is 4.28. The minimum absolute atomic E-state index is 0.110. The highest BCUT2D eigenvalue weighted by Gasteiger charge is 2.17. The van der Waals surface area contributed by atoms with Crippen LogP contribution in [0.15, 0.2) is 79.5 Å². The summed E-state index contributed by atoms with van der Waals surface area (Å²) in [5.74, 6) is -0.110. The van der Waals surface area contributed by atoms with E-state index in [0.717, 1.165) is 12.2 Å². The average Bonchev–Trinajstić information content (AvgIpc) is 3.10. The van der Waals surface area contributed by atoms with E-state index in [2.05, 4.69) is 23.3 Å². The van der Waals surface area contributed by atoms with E-state index in [-0.39, 0.29) is 5.91 Å². The molecule has 0 fully saturated rings. The van der Waals surface area contributed by atoms with E-state index < -0.39 is 0 Å². The number of aromatic nitrogens is 1. The Labute approximate surface area is 169 Å². The molecule has 0 atom stereocenters. The SMILES string of the molecule is C=CCN(Cc1cccn1Cc1ccccc1)C(=O)c1ccc(Cl)c(Cl)c1. The summed E-state index contributed by atoms with van der Waals surface area (Å²) in [6.45, 7) is 5.45. The first kappa shape index (κ1) is 19.3. The van der Waals surface area contributed by atoms with Crippen LogP contribution in [0.2, 0.25) is 10.0 Å². The van der Waals surface area contributed by atoms with Gasteiger partial charge in [-0.25, -0.2) is 0 Å². The fourth-order valence-electron chi connectivity index (χ4n) is 2.91. The molecule has 0 aliphatic rings. The molecule has 3 rings (SSSR count). The van der Waals surface area contributed by atoms with Gasteiger partial charge in [-0.1, -0.05) is 59.6 Å². The maximum absolute atomic E-state index is 13.0. The second kappa shape index (κ2) is 8.94. The molecule has 0 unspecified atom stereocenters. The molecule has 5 heteroatoms. The lowest BCUT2D eigenvalue weighted by Crippen LogP contribution is -2.31. The molecule has 0 spiro atoms. The van der Waals surface area contributed by atoms with Gasteiger partial charge in [-0.3, -0.25) is 4.79 Å². The molecule has 27 heavy (non-hydrogen) atoms. The lowest BCUT2D eigenvalue weighted by Gasteiger charge is -2.22. The van der Waals surface area contributed by atoms with Gasteiger partial charge in [0.25, 0.3) is 5.91 Å². The number of benzene rings is 2. The highest BCUT2D eigenvalue weighted by atomic mass is 35.5. The number of rotatable bonds is 7. The maximum Gasteiger partial charge on any atom is 0.254 e. The van der Waals surface area contributed by atoms with Crippen LogP contribution in [0.1, 0.15) is 21.6 Å². The summed E-state index contributed by atoms with van der Waals surface area (Å²) in [6.07, 6.45) is 3.75. The standard InChI is InChI=1S/C22H20Cl2N2O/c1-2-12-26(22(27)18-10-11-20(23)21(24)14-18)16-19-9-6-13-25(19)15-17-7-4-3-5-8-17/h2-11,13-14H,1,12,15-16H2. The van der Waals surface area contributed by atoms with Crippen LogP contribution in [0.3, 0.4) is 0 Å². The Balaban J connectivity index is 1.80. The number of halogens is 2. The Kier molecular flexibility index (Phi) is 6.38. The summed E-state index contributed by atoms with van der Waals surface area (Å²) in [5, 5.41) is 0.800. The zero-order valence-corrected chi connectivity index (χ0v) is 16.3. The topological polar surface area (TPSA) is 25.2 Å². The smallest absolute Gasteiger partial charge is 0.254 e. The average molecular weight is 399 g/mol. The van der Waals surface area contributed by atoms with Gasteiger partial charge in [-0.15, -0.1) is 6.58 Å². The first-order valence-electron chi connectivity index (χ1n) is 8.61. The molecule has 1 amide bonds. The molecule has 0 N–H and O–H groups in total. The van der Waals surface area contributed by atoms with E-state index in [0.29, 0.717) is 28.7 Å². The molecule has 138 valence electrons. The second-order valence-corrected chi connectivity index (χ2v) is 7.03. The molecule has 0 aliphatic carbocycles. The number of carbonyl (C=O) groups is 1. The van der Waals surface area contributed by atoms with Gasteiger partial charge < -0.3 is 9.47 Å². The first-order valence-corrected chi connectivity index (χ1v) is 9.37. The molecule has 3 aromatic rings. The zero-order chi connectivity index (χ0) is 19.2. The molecule has 3 nitrogen and oxygen atoms in total. The van der Waals surface area contributed by atoms with Gasteiger partial charge >= 0.3 is 0 Å². The number of hydrogen-bond donors (Lipinski definition) is 0. The third kappa shape index (κ3) is 4.82. The first-order chi connectivity index (χ1) is 13.1. The molecule has 0 radical (unpaired) electrons. The Bertz CT molecular complexity index is 934. The number of amides is 1. The van der Waals surface area contributed by atoms with Crippen molar-refractivity contribution >= 4 is 29.1 Å². The van der Waals surface area contributed by atoms with Crippen molar-refractivity contribution in [1.82, 2.24) is 9.47 Å². The van der Waals surface area contributed by atoms with E-state index >= 15 is 0 Å². The molecular formula is C22H20Cl2N2O. The van der Waals surface area contributed by atoms with E-state index in [1.807, 2.05) is 36.5 Å². The van der Waals surface area contributed by atoms with Gasteiger partial charge in [-0.2, -0.15) is 0 Å². The minimum atomic E-state index is -0.110. The molecule has 1 heterocycles. The Morgan fingerprint density at radius 3 is 2.52 bits per heavy atom. The van der Waals surface area contributed by atoms with E-state index in [1.54, 1.807) is 29.2 Å².